The highest BCUT2D eigenvalue weighted by Crippen LogP contribution is 2.18. The Labute approximate surface area is 125 Å². The monoisotopic (exact) mass is 308 g/mol. The third-order valence-electron chi connectivity index (χ3n) is 3.18. The largest absolute Gasteiger partial charge is 0.353 e. The lowest BCUT2D eigenvalue weighted by molar-refractivity contribution is -0.123. The van der Waals surface area contributed by atoms with Crippen LogP contribution in [0, 0.1) is 0 Å². The lowest BCUT2D eigenvalue weighted by Crippen LogP contribution is -2.55. The van der Waals surface area contributed by atoms with Crippen molar-refractivity contribution in [2.45, 2.75) is 19.4 Å². The first kappa shape index (κ1) is 13.7. The number of hydrogen-bond donors (Lipinski definition) is 1. The molecule has 0 radical (unpaired) electrons. The zero-order chi connectivity index (χ0) is 14.8. The fraction of sp³-hybridized carbons (Fsp3) is 0.455. The summed E-state index contributed by atoms with van der Waals surface area (Å²) in [6.45, 7) is 3.09. The lowest BCUT2D eigenvalue weighted by atomic mass is 10.1. The molecule has 0 bridgehead atoms. The van der Waals surface area contributed by atoms with E-state index in [1.807, 2.05) is 11.8 Å². The summed E-state index contributed by atoms with van der Waals surface area (Å²) in [6.07, 6.45) is 3.49. The number of nitrogens with one attached hydrogen (secondary N) is 1. The van der Waals surface area contributed by atoms with Gasteiger partial charge in [0.2, 0.25) is 17.1 Å². The van der Waals surface area contributed by atoms with Crippen molar-refractivity contribution in [1.29, 1.82) is 0 Å². The second-order valence-corrected chi connectivity index (χ2v) is 4.79. The molecule has 3 heterocycles. The third kappa shape index (κ3) is 2.64. The van der Waals surface area contributed by atoms with Crippen molar-refractivity contribution in [1.82, 2.24) is 35.0 Å². The minimum absolute atomic E-state index is 0.0393. The van der Waals surface area contributed by atoms with Crippen LogP contribution in [-0.2, 0) is 4.79 Å². The van der Waals surface area contributed by atoms with Gasteiger partial charge in [-0.05, 0) is 18.0 Å². The van der Waals surface area contributed by atoms with Crippen molar-refractivity contribution in [3.63, 3.8) is 0 Å². The van der Waals surface area contributed by atoms with E-state index in [2.05, 4.69) is 30.4 Å². The van der Waals surface area contributed by atoms with Crippen LogP contribution in [0.5, 0.6) is 0 Å². The zero-order valence-electron chi connectivity index (χ0n) is 11.3. The van der Waals surface area contributed by atoms with E-state index in [1.165, 1.54) is 17.3 Å². The van der Waals surface area contributed by atoms with Crippen LogP contribution in [0.2, 0.25) is 5.28 Å². The molecule has 3 rings (SSSR count). The Kier molecular flexibility index (Phi) is 3.65. The summed E-state index contributed by atoms with van der Waals surface area (Å²) in [5.74, 6) is 0.591. The average Bonchev–Trinajstić information content (AvgIpc) is 3.00. The van der Waals surface area contributed by atoms with Gasteiger partial charge >= 0.3 is 0 Å². The number of halogens is 1. The molecule has 1 N–H and O–H groups in total. The molecule has 1 saturated heterocycles. The SMILES string of the molecule is CCC1C(=O)NCCN1c1nc(Cl)nc(-n2cncn2)n1. The normalized spacial score (nSPS) is 18.7. The number of amides is 1. The standard InChI is InChI=1S/C11H13ClN8O/c1-2-7-8(21)14-3-4-19(7)10-16-9(12)17-11(18-10)20-6-13-5-15-20/h5-7H,2-4H2,1H3,(H,14,21). The molecule has 1 fully saturated rings. The lowest BCUT2D eigenvalue weighted by Gasteiger charge is -2.34. The van der Waals surface area contributed by atoms with Crippen molar-refractivity contribution in [2.75, 3.05) is 18.0 Å². The Morgan fingerprint density at radius 2 is 2.19 bits per heavy atom. The Morgan fingerprint density at radius 1 is 1.38 bits per heavy atom. The maximum Gasteiger partial charge on any atom is 0.258 e. The first-order chi connectivity index (χ1) is 10.2. The van der Waals surface area contributed by atoms with Crippen LogP contribution in [0.4, 0.5) is 5.95 Å². The number of rotatable bonds is 3. The Hall–Kier alpha value is -2.29. The van der Waals surface area contributed by atoms with E-state index < -0.39 is 0 Å². The molecule has 21 heavy (non-hydrogen) atoms. The minimum atomic E-state index is -0.319. The van der Waals surface area contributed by atoms with E-state index in [0.717, 1.165) is 0 Å². The van der Waals surface area contributed by atoms with E-state index in [-0.39, 0.29) is 23.2 Å². The predicted molar refractivity (Wildman–Crippen MR) is 74.2 cm³/mol. The molecule has 110 valence electrons. The highest BCUT2D eigenvalue weighted by molar-refractivity contribution is 6.28. The summed E-state index contributed by atoms with van der Waals surface area (Å²) in [5.41, 5.74) is 0. The van der Waals surface area contributed by atoms with Crippen LogP contribution in [0.15, 0.2) is 12.7 Å². The van der Waals surface area contributed by atoms with Gasteiger partial charge in [0.05, 0.1) is 0 Å². The van der Waals surface area contributed by atoms with Gasteiger partial charge in [0.15, 0.2) is 0 Å². The molecule has 2 aromatic heterocycles. The number of aromatic nitrogens is 6. The predicted octanol–water partition coefficient (Wildman–Crippen LogP) is -0.180. The first-order valence-electron chi connectivity index (χ1n) is 6.50. The fourth-order valence-electron chi connectivity index (χ4n) is 2.23. The van der Waals surface area contributed by atoms with Gasteiger partial charge in [-0.15, -0.1) is 0 Å². The second-order valence-electron chi connectivity index (χ2n) is 4.45. The summed E-state index contributed by atoms with van der Waals surface area (Å²) >= 11 is 5.96. The minimum Gasteiger partial charge on any atom is -0.353 e. The number of piperazine rings is 1. The molecule has 0 spiro atoms. The summed E-state index contributed by atoms with van der Waals surface area (Å²) in [5, 5.41) is 6.84. The van der Waals surface area contributed by atoms with Crippen LogP contribution in [0.1, 0.15) is 13.3 Å². The van der Waals surface area contributed by atoms with Crippen LogP contribution < -0.4 is 10.2 Å². The summed E-state index contributed by atoms with van der Waals surface area (Å²) < 4.78 is 1.39. The fourth-order valence-corrected chi connectivity index (χ4v) is 2.38. The Morgan fingerprint density at radius 3 is 2.90 bits per heavy atom. The number of carbonyl (C=O) groups is 1. The van der Waals surface area contributed by atoms with Gasteiger partial charge in [-0.1, -0.05) is 6.92 Å². The molecular formula is C11H13ClN8O. The van der Waals surface area contributed by atoms with Crippen molar-refractivity contribution in [2.24, 2.45) is 0 Å². The van der Waals surface area contributed by atoms with E-state index in [1.54, 1.807) is 0 Å². The van der Waals surface area contributed by atoms with E-state index in [4.69, 9.17) is 11.6 Å². The Bertz CT molecular complexity index is 646. The first-order valence-corrected chi connectivity index (χ1v) is 6.87. The summed E-state index contributed by atoms with van der Waals surface area (Å²) in [4.78, 5) is 30.1. The molecule has 2 aromatic rings. The van der Waals surface area contributed by atoms with Crippen molar-refractivity contribution in [3.05, 3.63) is 17.9 Å². The molecule has 9 nitrogen and oxygen atoms in total. The van der Waals surface area contributed by atoms with E-state index >= 15 is 0 Å². The maximum absolute atomic E-state index is 11.9. The molecule has 10 heteroatoms. The molecule has 1 unspecified atom stereocenters. The third-order valence-corrected chi connectivity index (χ3v) is 3.35. The number of nitrogens with zero attached hydrogens (tertiary/aromatic N) is 7. The smallest absolute Gasteiger partial charge is 0.258 e. The van der Waals surface area contributed by atoms with Crippen molar-refractivity contribution in [3.8, 4) is 5.95 Å². The number of anilines is 1. The zero-order valence-corrected chi connectivity index (χ0v) is 12.0. The summed E-state index contributed by atoms with van der Waals surface area (Å²) in [7, 11) is 0. The Balaban J connectivity index is 1.99. The molecule has 0 aromatic carbocycles. The highest BCUT2D eigenvalue weighted by Gasteiger charge is 2.30. The molecule has 1 amide bonds. The molecule has 0 saturated carbocycles. The molecule has 0 aliphatic carbocycles. The molecule has 1 aliphatic rings. The second kappa shape index (κ2) is 5.60. The van der Waals surface area contributed by atoms with Crippen LogP contribution >= 0.6 is 11.6 Å². The maximum atomic E-state index is 11.9. The highest BCUT2D eigenvalue weighted by atomic mass is 35.5. The van der Waals surface area contributed by atoms with Crippen LogP contribution in [-0.4, -0.2) is 54.8 Å². The topological polar surface area (TPSA) is 102 Å². The quantitative estimate of drug-likeness (QED) is 0.839. The van der Waals surface area contributed by atoms with Gasteiger partial charge in [0, 0.05) is 13.1 Å². The molecule has 1 atom stereocenters. The van der Waals surface area contributed by atoms with Gasteiger partial charge in [-0.2, -0.15) is 24.7 Å². The van der Waals surface area contributed by atoms with Crippen LogP contribution in [0.3, 0.4) is 0 Å². The molecule has 1 aliphatic heterocycles. The van der Waals surface area contributed by atoms with Crippen LogP contribution in [0.25, 0.3) is 5.95 Å². The van der Waals surface area contributed by atoms with Gasteiger partial charge < -0.3 is 10.2 Å². The molecular weight excluding hydrogens is 296 g/mol. The van der Waals surface area contributed by atoms with Crippen molar-refractivity contribution < 1.29 is 4.79 Å². The van der Waals surface area contributed by atoms with Gasteiger partial charge in [0.1, 0.15) is 18.7 Å². The average molecular weight is 309 g/mol. The number of carbonyl (C=O) groups excluding carboxylic acids is 1. The number of hydrogen-bond acceptors (Lipinski definition) is 7. The van der Waals surface area contributed by atoms with E-state index in [0.29, 0.717) is 25.5 Å². The van der Waals surface area contributed by atoms with Gasteiger partial charge in [-0.3, -0.25) is 4.79 Å². The summed E-state index contributed by atoms with van der Waals surface area (Å²) in [6, 6.07) is -0.319. The van der Waals surface area contributed by atoms with Crippen molar-refractivity contribution >= 4 is 23.5 Å². The van der Waals surface area contributed by atoms with Gasteiger partial charge in [-0.25, -0.2) is 4.98 Å². The van der Waals surface area contributed by atoms with E-state index in [9.17, 15) is 4.79 Å². The van der Waals surface area contributed by atoms with Gasteiger partial charge in [0.25, 0.3) is 5.95 Å².